The van der Waals surface area contributed by atoms with Gasteiger partial charge < -0.3 is 19.9 Å². The maximum atomic E-state index is 13.7. The van der Waals surface area contributed by atoms with Crippen LogP contribution in [-0.2, 0) is 9.59 Å². The molecule has 2 amide bonds. The predicted molar refractivity (Wildman–Crippen MR) is 151 cm³/mol. The second kappa shape index (κ2) is 12.3. The molecule has 206 valence electrons. The zero-order valence-electron chi connectivity index (χ0n) is 21.2. The number of carbonyl (C=O) groups is 3. The number of nitrogens with zero attached hydrogens (tertiary/aromatic N) is 1. The van der Waals surface area contributed by atoms with Gasteiger partial charge in [-0.05, 0) is 53.1 Å². The van der Waals surface area contributed by atoms with Gasteiger partial charge in [0.15, 0.2) is 11.6 Å². The van der Waals surface area contributed by atoms with E-state index >= 15 is 0 Å². The highest BCUT2D eigenvalue weighted by Gasteiger charge is 2.32. The van der Waals surface area contributed by atoms with Crippen molar-refractivity contribution in [2.45, 2.75) is 6.42 Å². The van der Waals surface area contributed by atoms with Gasteiger partial charge in [-0.25, -0.2) is 13.6 Å². The number of hydrogen-bond donors (Lipinski definition) is 2. The van der Waals surface area contributed by atoms with Crippen molar-refractivity contribution in [1.29, 1.82) is 0 Å². The van der Waals surface area contributed by atoms with Gasteiger partial charge in [0.1, 0.15) is 21.5 Å². The third-order valence-corrected chi connectivity index (χ3v) is 7.27. The van der Waals surface area contributed by atoms with Crippen molar-refractivity contribution >= 4 is 57.8 Å². The van der Waals surface area contributed by atoms with Gasteiger partial charge in [0.05, 0.1) is 24.7 Å². The Labute approximate surface area is 237 Å². The Hall–Kier alpha value is -4.29. The van der Waals surface area contributed by atoms with Crippen LogP contribution in [-0.4, -0.2) is 52.9 Å². The fraction of sp³-hybridized carbons (Fsp3) is 0.143. The van der Waals surface area contributed by atoms with Crippen molar-refractivity contribution in [3.8, 4) is 22.6 Å². The standard InChI is InChI=1S/C28H22F2N2O6S2/c1-37-21-13-18(27(35)36)14-22(38-2)25(21)31-24(33)8-9-32-26(34)23(40-28(32)39)11-15-4-3-5-16(10-15)17-6-7-19(29)20(30)12-17/h3-7,10-14H,8-9H2,1-2H3,(H,31,33)(H,35,36)/b23-11-. The molecule has 4 rings (SSSR count). The highest BCUT2D eigenvalue weighted by Crippen LogP contribution is 2.37. The van der Waals surface area contributed by atoms with Crippen molar-refractivity contribution in [2.24, 2.45) is 0 Å². The Kier molecular flexibility index (Phi) is 8.80. The van der Waals surface area contributed by atoms with Gasteiger partial charge in [0.2, 0.25) is 5.91 Å². The van der Waals surface area contributed by atoms with Crippen LogP contribution in [0.2, 0.25) is 0 Å². The summed E-state index contributed by atoms with van der Waals surface area (Å²) in [4.78, 5) is 38.8. The molecule has 3 aromatic carbocycles. The lowest BCUT2D eigenvalue weighted by molar-refractivity contribution is -0.122. The molecule has 2 N–H and O–H groups in total. The number of carboxylic acids is 1. The zero-order valence-corrected chi connectivity index (χ0v) is 22.8. The van der Waals surface area contributed by atoms with E-state index in [0.717, 1.165) is 23.9 Å². The Morgan fingerprint density at radius 2 is 1.70 bits per heavy atom. The fourth-order valence-electron chi connectivity index (χ4n) is 3.90. The number of aromatic carboxylic acids is 1. The van der Waals surface area contributed by atoms with Gasteiger partial charge >= 0.3 is 5.97 Å². The van der Waals surface area contributed by atoms with Crippen LogP contribution in [0.1, 0.15) is 22.3 Å². The molecule has 0 unspecified atom stereocenters. The quantitative estimate of drug-likeness (QED) is 0.248. The van der Waals surface area contributed by atoms with Crippen LogP contribution in [0.3, 0.4) is 0 Å². The molecular weight excluding hydrogens is 562 g/mol. The Morgan fingerprint density at radius 1 is 1.02 bits per heavy atom. The molecule has 1 aliphatic rings. The summed E-state index contributed by atoms with van der Waals surface area (Å²) in [7, 11) is 2.66. The van der Waals surface area contributed by atoms with Crippen LogP contribution < -0.4 is 14.8 Å². The molecule has 0 bridgehead atoms. The number of nitrogens with one attached hydrogen (secondary N) is 1. The van der Waals surface area contributed by atoms with Crippen LogP contribution in [0, 0.1) is 11.6 Å². The maximum Gasteiger partial charge on any atom is 0.335 e. The first-order valence-corrected chi connectivity index (χ1v) is 12.9. The number of halogens is 2. The van der Waals surface area contributed by atoms with Gasteiger partial charge in [-0.2, -0.15) is 0 Å². The highest BCUT2D eigenvalue weighted by molar-refractivity contribution is 8.26. The van der Waals surface area contributed by atoms with Crippen LogP contribution >= 0.6 is 24.0 Å². The summed E-state index contributed by atoms with van der Waals surface area (Å²) < 4.78 is 37.7. The molecule has 12 heteroatoms. The number of carbonyl (C=O) groups excluding carboxylic acids is 2. The molecule has 0 saturated carbocycles. The molecule has 3 aromatic rings. The Balaban J connectivity index is 1.45. The average Bonchev–Trinajstić information content (AvgIpc) is 3.20. The molecule has 0 radical (unpaired) electrons. The number of amides is 2. The van der Waals surface area contributed by atoms with Crippen molar-refractivity contribution in [1.82, 2.24) is 4.90 Å². The van der Waals surface area contributed by atoms with Crippen molar-refractivity contribution < 1.29 is 37.7 Å². The molecule has 8 nitrogen and oxygen atoms in total. The SMILES string of the molecule is COc1cc(C(=O)O)cc(OC)c1NC(=O)CCN1C(=O)/C(=C/c2cccc(-c3ccc(F)c(F)c3)c2)SC1=S. The summed E-state index contributed by atoms with van der Waals surface area (Å²) >= 11 is 6.45. The second-order valence-corrected chi connectivity index (χ2v) is 10.1. The first kappa shape index (κ1) is 28.7. The number of anilines is 1. The van der Waals surface area contributed by atoms with Gasteiger partial charge in [0.25, 0.3) is 5.91 Å². The van der Waals surface area contributed by atoms with E-state index in [1.165, 1.54) is 37.3 Å². The molecule has 40 heavy (non-hydrogen) atoms. The lowest BCUT2D eigenvalue weighted by atomic mass is 10.0. The van der Waals surface area contributed by atoms with E-state index in [0.29, 0.717) is 21.6 Å². The minimum absolute atomic E-state index is 0.000572. The van der Waals surface area contributed by atoms with E-state index in [1.807, 2.05) is 0 Å². The monoisotopic (exact) mass is 584 g/mol. The first-order valence-electron chi connectivity index (χ1n) is 11.7. The fourth-order valence-corrected chi connectivity index (χ4v) is 5.21. The molecule has 0 aromatic heterocycles. The highest BCUT2D eigenvalue weighted by atomic mass is 32.2. The number of thioether (sulfide) groups is 1. The van der Waals surface area contributed by atoms with E-state index < -0.39 is 23.5 Å². The van der Waals surface area contributed by atoms with E-state index in [9.17, 15) is 28.3 Å². The minimum Gasteiger partial charge on any atom is -0.494 e. The van der Waals surface area contributed by atoms with E-state index in [1.54, 1.807) is 30.3 Å². The molecule has 0 aliphatic carbocycles. The second-order valence-electron chi connectivity index (χ2n) is 8.45. The number of hydrogen-bond acceptors (Lipinski definition) is 7. The summed E-state index contributed by atoms with van der Waals surface area (Å²) in [5, 5.41) is 11.9. The summed E-state index contributed by atoms with van der Waals surface area (Å²) in [5.41, 5.74) is 1.86. The largest absolute Gasteiger partial charge is 0.494 e. The molecule has 1 fully saturated rings. The maximum absolute atomic E-state index is 13.7. The third kappa shape index (κ3) is 6.29. The summed E-state index contributed by atoms with van der Waals surface area (Å²) in [5.74, 6) is -3.73. The van der Waals surface area contributed by atoms with Gasteiger partial charge in [-0.15, -0.1) is 0 Å². The average molecular weight is 585 g/mol. The van der Waals surface area contributed by atoms with Gasteiger partial charge in [-0.3, -0.25) is 14.5 Å². The number of carboxylic acid groups (broad SMARTS) is 1. The number of rotatable bonds is 9. The van der Waals surface area contributed by atoms with Crippen molar-refractivity contribution in [3.05, 3.63) is 82.3 Å². The Morgan fingerprint density at radius 3 is 2.33 bits per heavy atom. The van der Waals surface area contributed by atoms with Crippen molar-refractivity contribution in [2.75, 3.05) is 26.1 Å². The summed E-state index contributed by atoms with van der Waals surface area (Å²) in [6, 6.07) is 13.1. The molecule has 1 saturated heterocycles. The van der Waals surface area contributed by atoms with Crippen molar-refractivity contribution in [3.63, 3.8) is 0 Å². The van der Waals surface area contributed by atoms with Crippen LogP contribution in [0.25, 0.3) is 17.2 Å². The van der Waals surface area contributed by atoms with Crippen LogP contribution in [0.5, 0.6) is 11.5 Å². The smallest absolute Gasteiger partial charge is 0.335 e. The third-order valence-electron chi connectivity index (χ3n) is 5.89. The molecule has 1 heterocycles. The lowest BCUT2D eigenvalue weighted by Crippen LogP contribution is -2.31. The molecular formula is C28H22F2N2O6S2. The summed E-state index contributed by atoms with van der Waals surface area (Å²) in [6.45, 7) is 0.000572. The number of ether oxygens (including phenoxy) is 2. The predicted octanol–water partition coefficient (Wildman–Crippen LogP) is 5.58. The van der Waals surface area contributed by atoms with E-state index in [2.05, 4.69) is 5.32 Å². The number of thiocarbonyl (C=S) groups is 1. The minimum atomic E-state index is -1.19. The van der Waals surface area contributed by atoms with E-state index in [-0.39, 0.29) is 45.9 Å². The molecule has 1 aliphatic heterocycles. The number of methoxy groups -OCH3 is 2. The molecule has 0 spiro atoms. The zero-order chi connectivity index (χ0) is 29.0. The lowest BCUT2D eigenvalue weighted by Gasteiger charge is -2.17. The van der Waals surface area contributed by atoms with Crippen LogP contribution in [0.4, 0.5) is 14.5 Å². The first-order chi connectivity index (χ1) is 19.1. The van der Waals surface area contributed by atoms with Gasteiger partial charge in [-0.1, -0.05) is 48.2 Å². The Bertz CT molecular complexity index is 1530. The van der Waals surface area contributed by atoms with Crippen LogP contribution in [0.15, 0.2) is 59.5 Å². The molecule has 0 atom stereocenters. The van der Waals surface area contributed by atoms with Gasteiger partial charge in [0, 0.05) is 13.0 Å². The summed E-state index contributed by atoms with van der Waals surface area (Å²) in [6.07, 6.45) is 1.53. The van der Waals surface area contributed by atoms with E-state index in [4.69, 9.17) is 21.7 Å². The normalized spacial score (nSPS) is 14.0. The number of benzene rings is 3. The topological polar surface area (TPSA) is 105 Å².